The van der Waals surface area contributed by atoms with Gasteiger partial charge in [-0.2, -0.15) is 0 Å². The van der Waals surface area contributed by atoms with Crippen molar-refractivity contribution in [2.45, 2.75) is 69.6 Å². The molecular weight excluding hydrogens is 756 g/mol. The van der Waals surface area contributed by atoms with Gasteiger partial charge in [0.25, 0.3) is 0 Å². The Hall–Kier alpha value is -2.75. The van der Waals surface area contributed by atoms with Gasteiger partial charge in [0.2, 0.25) is 0 Å². The largest absolute Gasteiger partial charge is 2.00 e. The van der Waals surface area contributed by atoms with Crippen LogP contribution >= 0.6 is 0 Å². The molecule has 3 nitrogen and oxygen atoms in total. The first-order chi connectivity index (χ1) is 19.2. The molecule has 0 aliphatic carbocycles. The Morgan fingerprint density at radius 1 is 0.690 bits per heavy atom. The second-order valence-electron chi connectivity index (χ2n) is 13.9. The van der Waals surface area contributed by atoms with Gasteiger partial charge in [0.05, 0.1) is 0 Å². The molecule has 0 atom stereocenters. The molecule has 0 unspecified atom stereocenters. The summed E-state index contributed by atoms with van der Waals surface area (Å²) in [6, 6.07) is 34.2. The molecule has 0 aliphatic rings. The van der Waals surface area contributed by atoms with Crippen LogP contribution in [0.3, 0.4) is 0 Å². The van der Waals surface area contributed by atoms with Crippen molar-refractivity contribution in [2.24, 2.45) is 0 Å². The maximum Gasteiger partial charge on any atom is 2.00 e. The van der Waals surface area contributed by atoms with Crippen molar-refractivity contribution in [2.75, 3.05) is 0 Å². The van der Waals surface area contributed by atoms with E-state index in [1.165, 1.54) is 20.9 Å². The van der Waals surface area contributed by atoms with Gasteiger partial charge in [-0.05, 0) is 0 Å². The summed E-state index contributed by atoms with van der Waals surface area (Å²) in [4.78, 5) is 9.88. The minimum Gasteiger partial charge on any atom is 2.00 e. The molecular formula is C37H40GeN2OPt. The van der Waals surface area contributed by atoms with Crippen molar-refractivity contribution in [3.05, 3.63) is 102 Å². The summed E-state index contributed by atoms with van der Waals surface area (Å²) < 4.78 is 7.73. The molecule has 0 radical (unpaired) electrons. The zero-order valence-corrected chi connectivity index (χ0v) is 30.5. The molecule has 218 valence electrons. The molecule has 5 aromatic rings. The van der Waals surface area contributed by atoms with Gasteiger partial charge in [-0.15, -0.1) is 0 Å². The van der Waals surface area contributed by atoms with Crippen LogP contribution < -0.4 is 9.13 Å². The Labute approximate surface area is 268 Å². The first-order valence-electron chi connectivity index (χ1n) is 14.3. The number of fused-ring (bicyclic) bond motifs is 1. The number of hydrogen-bond donors (Lipinski definition) is 0. The molecule has 42 heavy (non-hydrogen) atoms. The molecule has 0 saturated carbocycles. The van der Waals surface area contributed by atoms with Crippen molar-refractivity contribution in [3.8, 4) is 34.3 Å². The fourth-order valence-electron chi connectivity index (χ4n) is 4.93. The fourth-order valence-corrected chi connectivity index (χ4v) is 7.29. The van der Waals surface area contributed by atoms with E-state index in [1.807, 2.05) is 24.3 Å². The van der Waals surface area contributed by atoms with Crippen LogP contribution in [0.5, 0.6) is 11.8 Å². The second kappa shape index (κ2) is 12.1. The third kappa shape index (κ3) is 7.24. The molecule has 0 saturated heterocycles. The van der Waals surface area contributed by atoms with E-state index in [0.29, 0.717) is 11.8 Å². The SMILES string of the molecule is CC(C)(C)c1cc[c-]c(-c2cccc(Oc3c[c]([Ge]([CH3])([CH3])[CH3])cc(-c4[c-]c5ccccc5c(C(C)(C)C)c4)n3)n2)c1.[Pt+2]. The summed E-state index contributed by atoms with van der Waals surface area (Å²) in [7, 11) is 0. The molecule has 5 rings (SSSR count). The Bertz CT molecular complexity index is 1730. The van der Waals surface area contributed by atoms with Crippen molar-refractivity contribution < 1.29 is 25.8 Å². The van der Waals surface area contributed by atoms with Crippen LogP contribution in [-0.2, 0) is 31.9 Å². The Kier molecular flexibility index (Phi) is 9.26. The van der Waals surface area contributed by atoms with Crippen LogP contribution in [0.2, 0.25) is 17.3 Å². The predicted molar refractivity (Wildman–Crippen MR) is 175 cm³/mol. The first-order valence-corrected chi connectivity index (χ1v) is 21.7. The fraction of sp³-hybridized carbons (Fsp3) is 0.297. The summed E-state index contributed by atoms with van der Waals surface area (Å²) in [5.41, 5.74) is 6.22. The summed E-state index contributed by atoms with van der Waals surface area (Å²) in [5, 5.41) is 2.34. The maximum atomic E-state index is 6.40. The molecule has 0 bridgehead atoms. The van der Waals surface area contributed by atoms with Gasteiger partial charge in [0, 0.05) is 0 Å². The number of nitrogens with zero attached hydrogens (tertiary/aromatic N) is 2. The van der Waals surface area contributed by atoms with Crippen molar-refractivity contribution in [1.82, 2.24) is 9.97 Å². The van der Waals surface area contributed by atoms with E-state index >= 15 is 0 Å². The van der Waals surface area contributed by atoms with E-state index in [-0.39, 0.29) is 31.9 Å². The average molecular weight is 796 g/mol. The third-order valence-electron chi connectivity index (χ3n) is 7.40. The van der Waals surface area contributed by atoms with Crippen LogP contribution in [0.15, 0.2) is 78.9 Å². The number of benzene rings is 3. The molecule has 0 aliphatic heterocycles. The van der Waals surface area contributed by atoms with Gasteiger partial charge in [0.15, 0.2) is 0 Å². The number of pyridine rings is 2. The average Bonchev–Trinajstić information content (AvgIpc) is 2.91. The molecule has 0 spiro atoms. The van der Waals surface area contributed by atoms with E-state index in [2.05, 4.69) is 126 Å². The minimum atomic E-state index is -2.26. The van der Waals surface area contributed by atoms with Crippen molar-refractivity contribution >= 4 is 28.4 Å². The molecule has 0 fully saturated rings. The number of aromatic nitrogens is 2. The first kappa shape index (κ1) is 32.2. The van der Waals surface area contributed by atoms with E-state index in [0.717, 1.165) is 27.9 Å². The summed E-state index contributed by atoms with van der Waals surface area (Å²) in [6.07, 6.45) is 0. The zero-order chi connectivity index (χ0) is 29.6. The van der Waals surface area contributed by atoms with Gasteiger partial charge in [-0.1, -0.05) is 0 Å². The van der Waals surface area contributed by atoms with Crippen LogP contribution in [-0.4, -0.2) is 23.2 Å². The summed E-state index contributed by atoms with van der Waals surface area (Å²) in [6.45, 7) is 13.4. The van der Waals surface area contributed by atoms with Crippen molar-refractivity contribution in [1.29, 1.82) is 0 Å². The molecule has 0 N–H and O–H groups in total. The van der Waals surface area contributed by atoms with Crippen LogP contribution in [0.25, 0.3) is 33.3 Å². The van der Waals surface area contributed by atoms with E-state index in [4.69, 9.17) is 14.7 Å². The molecule has 5 heteroatoms. The van der Waals surface area contributed by atoms with Crippen LogP contribution in [0.1, 0.15) is 52.7 Å². The second-order valence-corrected chi connectivity index (χ2v) is 24.6. The molecule has 3 aromatic carbocycles. The monoisotopic (exact) mass is 797 g/mol. The topological polar surface area (TPSA) is 35.0 Å². The number of hydrogen-bond acceptors (Lipinski definition) is 3. The quantitative estimate of drug-likeness (QED) is 0.131. The van der Waals surface area contributed by atoms with Gasteiger partial charge in [-0.25, -0.2) is 0 Å². The zero-order valence-electron chi connectivity index (χ0n) is 26.1. The van der Waals surface area contributed by atoms with E-state index in [1.54, 1.807) is 0 Å². The molecule has 2 aromatic heterocycles. The summed E-state index contributed by atoms with van der Waals surface area (Å²) >= 11 is -2.26. The van der Waals surface area contributed by atoms with Crippen LogP contribution in [0.4, 0.5) is 0 Å². The van der Waals surface area contributed by atoms with Gasteiger partial charge in [0.1, 0.15) is 0 Å². The smallest absolute Gasteiger partial charge is 2.00 e. The van der Waals surface area contributed by atoms with E-state index < -0.39 is 13.3 Å². The third-order valence-corrected chi connectivity index (χ3v) is 11.6. The number of ether oxygens (including phenoxy) is 1. The Morgan fingerprint density at radius 3 is 2.10 bits per heavy atom. The van der Waals surface area contributed by atoms with Gasteiger partial charge >= 0.3 is 270 Å². The van der Waals surface area contributed by atoms with Gasteiger partial charge < -0.3 is 0 Å². The Balaban J connectivity index is 0.00000405. The standard InChI is InChI=1S/C37H40GeN2O.Pt/c1-36(2,3)28-16-12-15-26(21-28)32-18-13-19-34(39-32)41-35-24-29(38(7,8)9)23-33(40-35)27-20-25-14-10-11-17-30(25)31(22-27)37(4,5)6;/h10-14,16-19,21-24H,1-9H3;/q-2;+2. The molecule has 0 amide bonds. The summed E-state index contributed by atoms with van der Waals surface area (Å²) in [5.74, 6) is 8.26. The normalized spacial score (nSPS) is 12.2. The van der Waals surface area contributed by atoms with Crippen molar-refractivity contribution in [3.63, 3.8) is 0 Å². The van der Waals surface area contributed by atoms with Crippen LogP contribution in [0, 0.1) is 12.1 Å². The predicted octanol–water partition coefficient (Wildman–Crippen LogP) is 9.49. The molecule has 2 heterocycles. The van der Waals surface area contributed by atoms with E-state index in [9.17, 15) is 0 Å². The minimum absolute atomic E-state index is 0. The van der Waals surface area contributed by atoms with Gasteiger partial charge in [-0.3, -0.25) is 0 Å². The maximum absolute atomic E-state index is 6.40. The Morgan fingerprint density at radius 2 is 1.40 bits per heavy atom. The number of rotatable bonds is 5.